The van der Waals surface area contributed by atoms with Crippen molar-refractivity contribution in [2.75, 3.05) is 18.1 Å². The van der Waals surface area contributed by atoms with Crippen LogP contribution in [-0.4, -0.2) is 23.0 Å². The van der Waals surface area contributed by atoms with Crippen molar-refractivity contribution in [2.24, 2.45) is 0 Å². The Kier molecular flexibility index (Phi) is 3.28. The maximum Gasteiger partial charge on any atom is 0.124 e. The summed E-state index contributed by atoms with van der Waals surface area (Å²) in [5.41, 5.74) is 2.46. The zero-order chi connectivity index (χ0) is 10.8. The first-order valence-corrected chi connectivity index (χ1v) is 8.20. The first-order chi connectivity index (χ1) is 7.93. The number of rotatable bonds is 2. The van der Waals surface area contributed by atoms with Gasteiger partial charge >= 0.3 is 0 Å². The molecule has 1 fully saturated rings. The Morgan fingerprint density at radius 3 is 3.12 bits per heavy atom. The SMILES string of the molecule is c1cc(-c2nc(C3CSCCN3)cs2)cs1. The minimum absolute atomic E-state index is 0.447. The highest BCUT2D eigenvalue weighted by atomic mass is 32.2. The van der Waals surface area contributed by atoms with Crippen LogP contribution in [0.15, 0.2) is 22.2 Å². The second-order valence-electron chi connectivity index (χ2n) is 3.67. The molecule has 1 saturated heterocycles. The molecule has 1 N–H and O–H groups in total. The Hall–Kier alpha value is -0.360. The van der Waals surface area contributed by atoms with Crippen LogP contribution in [0.25, 0.3) is 10.6 Å². The molecule has 1 unspecified atom stereocenters. The molecule has 0 spiro atoms. The van der Waals surface area contributed by atoms with Gasteiger partial charge in [0.25, 0.3) is 0 Å². The fraction of sp³-hybridized carbons (Fsp3) is 0.364. The molecule has 0 radical (unpaired) electrons. The van der Waals surface area contributed by atoms with Crippen molar-refractivity contribution in [3.63, 3.8) is 0 Å². The zero-order valence-electron chi connectivity index (χ0n) is 8.68. The second kappa shape index (κ2) is 4.87. The smallest absolute Gasteiger partial charge is 0.124 e. The van der Waals surface area contributed by atoms with Gasteiger partial charge in [0, 0.05) is 34.4 Å². The molecule has 84 valence electrons. The molecule has 2 aromatic heterocycles. The summed E-state index contributed by atoms with van der Waals surface area (Å²) in [5, 5.41) is 11.1. The minimum Gasteiger partial charge on any atom is -0.307 e. The largest absolute Gasteiger partial charge is 0.307 e. The van der Waals surface area contributed by atoms with Gasteiger partial charge in [0.05, 0.1) is 11.7 Å². The van der Waals surface area contributed by atoms with Gasteiger partial charge in [-0.2, -0.15) is 23.1 Å². The third-order valence-electron chi connectivity index (χ3n) is 2.57. The van der Waals surface area contributed by atoms with E-state index in [0.29, 0.717) is 6.04 Å². The maximum absolute atomic E-state index is 4.73. The lowest BCUT2D eigenvalue weighted by molar-refractivity contribution is 0.584. The standard InChI is InChI=1S/C11H12N2S3/c1-3-14-5-8(1)11-13-10(7-16-11)9-6-15-4-2-12-9/h1,3,5,7,9,12H,2,4,6H2. The van der Waals surface area contributed by atoms with Gasteiger partial charge in [-0.25, -0.2) is 4.98 Å². The number of hydrogen-bond donors (Lipinski definition) is 1. The van der Waals surface area contributed by atoms with E-state index in [0.717, 1.165) is 17.3 Å². The summed E-state index contributed by atoms with van der Waals surface area (Å²) in [5.74, 6) is 2.37. The fourth-order valence-corrected chi connectivity index (χ4v) is 4.26. The average molecular weight is 268 g/mol. The van der Waals surface area contributed by atoms with E-state index < -0.39 is 0 Å². The van der Waals surface area contributed by atoms with Crippen LogP contribution in [0.5, 0.6) is 0 Å². The van der Waals surface area contributed by atoms with Crippen molar-refractivity contribution in [3.05, 3.63) is 27.9 Å². The van der Waals surface area contributed by atoms with Crippen molar-refractivity contribution in [1.82, 2.24) is 10.3 Å². The molecule has 2 nitrogen and oxygen atoms in total. The summed E-state index contributed by atoms with van der Waals surface area (Å²) in [6.07, 6.45) is 0. The fourth-order valence-electron chi connectivity index (χ4n) is 1.72. The van der Waals surface area contributed by atoms with E-state index in [2.05, 4.69) is 27.5 Å². The molecule has 0 amide bonds. The van der Waals surface area contributed by atoms with Gasteiger partial charge in [-0.3, -0.25) is 0 Å². The van der Waals surface area contributed by atoms with Gasteiger partial charge < -0.3 is 5.32 Å². The van der Waals surface area contributed by atoms with Crippen LogP contribution >= 0.6 is 34.4 Å². The summed E-state index contributed by atoms with van der Waals surface area (Å²) < 4.78 is 0. The Morgan fingerprint density at radius 2 is 2.38 bits per heavy atom. The van der Waals surface area contributed by atoms with Crippen LogP contribution in [0.3, 0.4) is 0 Å². The third kappa shape index (κ3) is 2.18. The van der Waals surface area contributed by atoms with E-state index >= 15 is 0 Å². The average Bonchev–Trinajstić information content (AvgIpc) is 3.01. The van der Waals surface area contributed by atoms with Crippen LogP contribution in [-0.2, 0) is 0 Å². The number of thiophene rings is 1. The predicted molar refractivity (Wildman–Crippen MR) is 73.5 cm³/mol. The van der Waals surface area contributed by atoms with Crippen molar-refractivity contribution >= 4 is 34.4 Å². The summed E-state index contributed by atoms with van der Waals surface area (Å²) >= 11 is 5.48. The van der Waals surface area contributed by atoms with Crippen LogP contribution in [0, 0.1) is 0 Å². The first-order valence-electron chi connectivity index (χ1n) is 5.22. The molecule has 2 aromatic rings. The second-order valence-corrected chi connectivity index (χ2v) is 6.46. The molecule has 5 heteroatoms. The number of thiazole rings is 1. The molecule has 0 aliphatic carbocycles. The Bertz CT molecular complexity index is 444. The normalized spacial score (nSPS) is 21.1. The van der Waals surface area contributed by atoms with E-state index in [9.17, 15) is 0 Å². The van der Waals surface area contributed by atoms with Crippen LogP contribution in [0.1, 0.15) is 11.7 Å². The van der Waals surface area contributed by atoms with E-state index in [1.807, 2.05) is 11.8 Å². The molecule has 0 bridgehead atoms. The Labute approximate surface area is 107 Å². The molecule has 3 heterocycles. The van der Waals surface area contributed by atoms with E-state index in [1.54, 1.807) is 22.7 Å². The lowest BCUT2D eigenvalue weighted by atomic mass is 10.2. The summed E-state index contributed by atoms with van der Waals surface area (Å²) in [6.45, 7) is 1.10. The molecule has 3 rings (SSSR count). The molecular formula is C11H12N2S3. The minimum atomic E-state index is 0.447. The van der Waals surface area contributed by atoms with Gasteiger partial charge in [0.1, 0.15) is 5.01 Å². The molecule has 16 heavy (non-hydrogen) atoms. The molecule has 0 saturated carbocycles. The predicted octanol–water partition coefficient (Wildman–Crippen LogP) is 3.25. The highest BCUT2D eigenvalue weighted by molar-refractivity contribution is 7.99. The molecule has 1 atom stereocenters. The lowest BCUT2D eigenvalue weighted by Gasteiger charge is -2.21. The molecule has 1 aliphatic rings. The van der Waals surface area contributed by atoms with Gasteiger partial charge in [-0.1, -0.05) is 0 Å². The van der Waals surface area contributed by atoms with Gasteiger partial charge in [0.2, 0.25) is 0 Å². The highest BCUT2D eigenvalue weighted by Gasteiger charge is 2.18. The number of aromatic nitrogens is 1. The molecule has 0 aromatic carbocycles. The number of nitrogens with zero attached hydrogens (tertiary/aromatic N) is 1. The van der Waals surface area contributed by atoms with Crippen molar-refractivity contribution in [3.8, 4) is 10.6 Å². The Balaban J connectivity index is 1.82. The third-order valence-corrected chi connectivity index (χ3v) is 5.22. The van der Waals surface area contributed by atoms with Crippen molar-refractivity contribution in [1.29, 1.82) is 0 Å². The number of thioether (sulfide) groups is 1. The van der Waals surface area contributed by atoms with Crippen molar-refractivity contribution in [2.45, 2.75) is 6.04 Å². The van der Waals surface area contributed by atoms with Gasteiger partial charge in [-0.15, -0.1) is 11.3 Å². The van der Waals surface area contributed by atoms with E-state index in [4.69, 9.17) is 4.98 Å². The topological polar surface area (TPSA) is 24.9 Å². The summed E-state index contributed by atoms with van der Waals surface area (Å²) in [7, 11) is 0. The van der Waals surface area contributed by atoms with Crippen LogP contribution in [0.2, 0.25) is 0 Å². The summed E-state index contributed by atoms with van der Waals surface area (Å²) in [6, 6.07) is 2.58. The van der Waals surface area contributed by atoms with Gasteiger partial charge in [-0.05, 0) is 11.4 Å². The quantitative estimate of drug-likeness (QED) is 0.905. The monoisotopic (exact) mass is 268 g/mol. The number of hydrogen-bond acceptors (Lipinski definition) is 5. The summed E-state index contributed by atoms with van der Waals surface area (Å²) in [4.78, 5) is 4.73. The van der Waals surface area contributed by atoms with Crippen molar-refractivity contribution < 1.29 is 0 Å². The zero-order valence-corrected chi connectivity index (χ0v) is 11.1. The van der Waals surface area contributed by atoms with Crippen LogP contribution < -0.4 is 5.32 Å². The first kappa shape index (κ1) is 10.8. The number of nitrogens with one attached hydrogen (secondary N) is 1. The van der Waals surface area contributed by atoms with E-state index in [-0.39, 0.29) is 0 Å². The molecular weight excluding hydrogens is 256 g/mol. The molecule has 1 aliphatic heterocycles. The Morgan fingerprint density at radius 1 is 1.38 bits per heavy atom. The highest BCUT2D eigenvalue weighted by Crippen LogP contribution is 2.29. The van der Waals surface area contributed by atoms with E-state index in [1.165, 1.54) is 17.0 Å². The van der Waals surface area contributed by atoms with Crippen LogP contribution in [0.4, 0.5) is 0 Å². The van der Waals surface area contributed by atoms with Gasteiger partial charge in [0.15, 0.2) is 0 Å². The maximum atomic E-state index is 4.73. The lowest BCUT2D eigenvalue weighted by Crippen LogP contribution is -2.30.